The van der Waals surface area contributed by atoms with Crippen molar-refractivity contribution in [2.75, 3.05) is 13.1 Å². The molecule has 0 bridgehead atoms. The van der Waals surface area contributed by atoms with E-state index < -0.39 is 0 Å². The van der Waals surface area contributed by atoms with E-state index in [1.165, 1.54) is 21.6 Å². The highest BCUT2D eigenvalue weighted by molar-refractivity contribution is 7.15. The van der Waals surface area contributed by atoms with Crippen LogP contribution in [0.2, 0.25) is 0 Å². The molecule has 5 heteroatoms. The molecule has 0 unspecified atom stereocenters. The molecule has 0 amide bonds. The van der Waals surface area contributed by atoms with Crippen molar-refractivity contribution in [1.82, 2.24) is 14.9 Å². The summed E-state index contributed by atoms with van der Waals surface area (Å²) in [4.78, 5) is 12.3. The van der Waals surface area contributed by atoms with Crippen molar-refractivity contribution in [3.63, 3.8) is 0 Å². The minimum atomic E-state index is -0.271. The molecule has 0 spiro atoms. The standard InChI is InChI=1S/C21H23N3OS/c1-15-4-2-3-5-19(15)21-23-11-18(26-21)13-24-12-17(20(25)14-24)10-16-6-8-22-9-7-16/h2-9,11,17,20,25H,10,12-14H2,1H3/t17-,20+/m1/s1. The molecule has 1 N–H and O–H groups in total. The molecule has 0 saturated carbocycles. The zero-order valence-electron chi connectivity index (χ0n) is 14.9. The first-order valence-corrected chi connectivity index (χ1v) is 9.81. The first-order chi connectivity index (χ1) is 12.7. The van der Waals surface area contributed by atoms with Crippen LogP contribution in [0, 0.1) is 12.8 Å². The molecule has 0 aliphatic carbocycles. The van der Waals surface area contributed by atoms with E-state index in [0.717, 1.165) is 31.1 Å². The minimum Gasteiger partial charge on any atom is -0.391 e. The van der Waals surface area contributed by atoms with Crippen LogP contribution >= 0.6 is 11.3 Å². The maximum atomic E-state index is 10.4. The van der Waals surface area contributed by atoms with Crippen molar-refractivity contribution in [2.45, 2.75) is 26.0 Å². The summed E-state index contributed by atoms with van der Waals surface area (Å²) in [6.07, 6.45) is 6.25. The lowest BCUT2D eigenvalue weighted by Crippen LogP contribution is -2.20. The Morgan fingerprint density at radius 2 is 1.96 bits per heavy atom. The number of aliphatic hydroxyl groups excluding tert-OH is 1. The Hall–Kier alpha value is -2.08. The summed E-state index contributed by atoms with van der Waals surface area (Å²) in [5, 5.41) is 11.5. The van der Waals surface area contributed by atoms with Gasteiger partial charge in [-0.05, 0) is 36.6 Å². The number of aryl methyl sites for hydroxylation is 1. The Morgan fingerprint density at radius 3 is 2.77 bits per heavy atom. The van der Waals surface area contributed by atoms with Gasteiger partial charge in [-0.2, -0.15) is 0 Å². The van der Waals surface area contributed by atoms with E-state index >= 15 is 0 Å². The lowest BCUT2D eigenvalue weighted by atomic mass is 9.97. The van der Waals surface area contributed by atoms with Crippen molar-refractivity contribution in [3.8, 4) is 10.6 Å². The van der Waals surface area contributed by atoms with E-state index in [4.69, 9.17) is 0 Å². The predicted molar refractivity (Wildman–Crippen MR) is 105 cm³/mol. The smallest absolute Gasteiger partial charge is 0.123 e. The molecular weight excluding hydrogens is 342 g/mol. The molecule has 2 atom stereocenters. The molecule has 3 heterocycles. The monoisotopic (exact) mass is 365 g/mol. The van der Waals surface area contributed by atoms with Crippen LogP contribution < -0.4 is 0 Å². The molecule has 1 aliphatic heterocycles. The Morgan fingerprint density at radius 1 is 1.15 bits per heavy atom. The number of aliphatic hydroxyl groups is 1. The summed E-state index contributed by atoms with van der Waals surface area (Å²) in [5.74, 6) is 0.279. The molecule has 2 aromatic heterocycles. The van der Waals surface area contributed by atoms with Crippen molar-refractivity contribution in [1.29, 1.82) is 0 Å². The van der Waals surface area contributed by atoms with Gasteiger partial charge in [0.1, 0.15) is 5.01 Å². The quantitative estimate of drug-likeness (QED) is 0.751. The normalized spacial score (nSPS) is 20.5. The van der Waals surface area contributed by atoms with Crippen LogP contribution in [0.15, 0.2) is 55.0 Å². The van der Waals surface area contributed by atoms with Gasteiger partial charge in [-0.3, -0.25) is 9.88 Å². The Balaban J connectivity index is 1.40. The average molecular weight is 366 g/mol. The summed E-state index contributed by atoms with van der Waals surface area (Å²) in [7, 11) is 0. The second-order valence-corrected chi connectivity index (χ2v) is 8.14. The van der Waals surface area contributed by atoms with Crippen molar-refractivity contribution < 1.29 is 5.11 Å². The Labute approximate surface area is 158 Å². The summed E-state index contributed by atoms with van der Waals surface area (Å²) in [5.41, 5.74) is 3.70. The SMILES string of the molecule is Cc1ccccc1-c1ncc(CN2C[C@@H](Cc3ccncc3)[C@@H](O)C2)s1. The fraction of sp³-hybridized carbons (Fsp3) is 0.333. The van der Waals surface area contributed by atoms with Crippen LogP contribution in [0.25, 0.3) is 10.6 Å². The van der Waals surface area contributed by atoms with Gasteiger partial charge in [-0.15, -0.1) is 11.3 Å². The van der Waals surface area contributed by atoms with Crippen LogP contribution in [0.4, 0.5) is 0 Å². The predicted octanol–water partition coefficient (Wildman–Crippen LogP) is 3.55. The van der Waals surface area contributed by atoms with Gasteiger partial charge in [0.2, 0.25) is 0 Å². The molecule has 0 radical (unpaired) electrons. The second kappa shape index (κ2) is 7.66. The Bertz CT molecular complexity index is 864. The van der Waals surface area contributed by atoms with E-state index in [-0.39, 0.29) is 12.0 Å². The summed E-state index contributed by atoms with van der Waals surface area (Å²) >= 11 is 1.75. The lowest BCUT2D eigenvalue weighted by Gasteiger charge is -2.14. The molecular formula is C21H23N3OS. The molecule has 4 rings (SSSR count). The highest BCUT2D eigenvalue weighted by Gasteiger charge is 2.31. The molecule has 1 saturated heterocycles. The fourth-order valence-corrected chi connectivity index (χ4v) is 4.68. The number of hydrogen-bond donors (Lipinski definition) is 1. The van der Waals surface area contributed by atoms with Crippen molar-refractivity contribution >= 4 is 11.3 Å². The third kappa shape index (κ3) is 3.85. The van der Waals surface area contributed by atoms with Gasteiger partial charge >= 0.3 is 0 Å². The molecule has 134 valence electrons. The molecule has 1 fully saturated rings. The van der Waals surface area contributed by atoms with Gasteiger partial charge in [0, 0.05) is 54.6 Å². The largest absolute Gasteiger partial charge is 0.391 e. The maximum Gasteiger partial charge on any atom is 0.123 e. The maximum absolute atomic E-state index is 10.4. The third-order valence-electron chi connectivity index (χ3n) is 5.04. The molecule has 3 aromatic rings. The highest BCUT2D eigenvalue weighted by atomic mass is 32.1. The first kappa shape index (κ1) is 17.3. The van der Waals surface area contributed by atoms with E-state index in [2.05, 4.69) is 46.1 Å². The van der Waals surface area contributed by atoms with Gasteiger partial charge in [-0.1, -0.05) is 24.3 Å². The summed E-state index contributed by atoms with van der Waals surface area (Å²) in [6.45, 7) is 4.62. The van der Waals surface area contributed by atoms with Crippen LogP contribution in [-0.4, -0.2) is 39.2 Å². The topological polar surface area (TPSA) is 49.2 Å². The highest BCUT2D eigenvalue weighted by Crippen LogP contribution is 2.30. The average Bonchev–Trinajstić information content (AvgIpc) is 3.23. The first-order valence-electron chi connectivity index (χ1n) is 8.99. The number of aromatic nitrogens is 2. The molecule has 1 aliphatic rings. The Kier molecular flexibility index (Phi) is 5.11. The van der Waals surface area contributed by atoms with Crippen LogP contribution in [-0.2, 0) is 13.0 Å². The number of thiazole rings is 1. The van der Waals surface area contributed by atoms with Crippen molar-refractivity contribution in [3.05, 3.63) is 71.0 Å². The number of likely N-dealkylation sites (tertiary alicyclic amines) is 1. The van der Waals surface area contributed by atoms with Crippen molar-refractivity contribution in [2.24, 2.45) is 5.92 Å². The zero-order chi connectivity index (χ0) is 17.9. The number of β-amino-alcohol motifs (C(OH)–C–C–N with tert-alkyl or cyclic N) is 1. The van der Waals surface area contributed by atoms with Gasteiger partial charge in [0.15, 0.2) is 0 Å². The van der Waals surface area contributed by atoms with Gasteiger partial charge in [0.25, 0.3) is 0 Å². The molecule has 4 nitrogen and oxygen atoms in total. The van der Waals surface area contributed by atoms with Gasteiger partial charge < -0.3 is 5.11 Å². The number of rotatable bonds is 5. The number of hydrogen-bond acceptors (Lipinski definition) is 5. The number of benzene rings is 1. The third-order valence-corrected chi connectivity index (χ3v) is 6.05. The van der Waals surface area contributed by atoms with E-state index in [0.29, 0.717) is 0 Å². The summed E-state index contributed by atoms with van der Waals surface area (Å²) < 4.78 is 0. The number of pyridine rings is 1. The van der Waals surface area contributed by atoms with E-state index in [9.17, 15) is 5.11 Å². The molecule has 26 heavy (non-hydrogen) atoms. The zero-order valence-corrected chi connectivity index (χ0v) is 15.7. The van der Waals surface area contributed by atoms with E-state index in [1.54, 1.807) is 11.3 Å². The lowest BCUT2D eigenvalue weighted by molar-refractivity contribution is 0.141. The number of nitrogens with zero attached hydrogens (tertiary/aromatic N) is 3. The fourth-order valence-electron chi connectivity index (χ4n) is 3.63. The van der Waals surface area contributed by atoms with Crippen LogP contribution in [0.3, 0.4) is 0 Å². The summed E-state index contributed by atoms with van der Waals surface area (Å²) in [6, 6.07) is 12.4. The van der Waals surface area contributed by atoms with Gasteiger partial charge in [0.05, 0.1) is 6.10 Å². The van der Waals surface area contributed by atoms with Gasteiger partial charge in [-0.25, -0.2) is 4.98 Å². The molecule has 1 aromatic carbocycles. The second-order valence-electron chi connectivity index (χ2n) is 7.03. The van der Waals surface area contributed by atoms with E-state index in [1.807, 2.05) is 30.7 Å². The minimum absolute atomic E-state index is 0.271. The van der Waals surface area contributed by atoms with Crippen LogP contribution in [0.5, 0.6) is 0 Å². The van der Waals surface area contributed by atoms with Crippen LogP contribution in [0.1, 0.15) is 16.0 Å².